The molecule has 0 aliphatic heterocycles. The summed E-state index contributed by atoms with van der Waals surface area (Å²) in [6.07, 6.45) is 4.23. The Balaban J connectivity index is 2.13. The molecule has 0 spiro atoms. The van der Waals surface area contributed by atoms with E-state index in [1.54, 1.807) is 0 Å². The maximum Gasteiger partial charge on any atom is 0.0189 e. The number of fused-ring (bicyclic) bond motifs is 1. The Bertz CT molecular complexity index is 106. The van der Waals surface area contributed by atoms with Crippen molar-refractivity contribution in [2.45, 2.75) is 31.7 Å². The second kappa shape index (κ2) is 1.10. The molecule has 46 valence electrons. The standard InChI is InChI=1S/C7H13N/c1-7(8)5-3-2-4-6(5)7/h5-6H,2-4,8H2,1H3/t5-,6+,7?. The predicted molar refractivity (Wildman–Crippen MR) is 33.4 cm³/mol. The lowest BCUT2D eigenvalue weighted by molar-refractivity contribution is 0.544. The van der Waals surface area contributed by atoms with E-state index in [0.717, 1.165) is 11.8 Å². The largest absolute Gasteiger partial charge is 0.325 e. The lowest BCUT2D eigenvalue weighted by Crippen LogP contribution is -2.23. The summed E-state index contributed by atoms with van der Waals surface area (Å²) in [7, 11) is 0. The van der Waals surface area contributed by atoms with Crippen LogP contribution in [0.3, 0.4) is 0 Å². The molecule has 2 aliphatic carbocycles. The summed E-state index contributed by atoms with van der Waals surface area (Å²) in [6.45, 7) is 2.20. The zero-order chi connectivity index (χ0) is 5.78. The topological polar surface area (TPSA) is 26.0 Å². The molecule has 2 saturated carbocycles. The van der Waals surface area contributed by atoms with Crippen molar-refractivity contribution in [1.82, 2.24) is 0 Å². The Hall–Kier alpha value is -0.0400. The minimum Gasteiger partial charge on any atom is -0.325 e. The van der Waals surface area contributed by atoms with Crippen LogP contribution in [0.1, 0.15) is 26.2 Å². The quantitative estimate of drug-likeness (QED) is 0.498. The van der Waals surface area contributed by atoms with E-state index in [2.05, 4.69) is 6.92 Å². The average Bonchev–Trinajstić information content (AvgIpc) is 2.22. The Morgan fingerprint density at radius 1 is 1.38 bits per heavy atom. The molecular weight excluding hydrogens is 98.1 g/mol. The monoisotopic (exact) mass is 111 g/mol. The van der Waals surface area contributed by atoms with Crippen molar-refractivity contribution in [1.29, 1.82) is 0 Å². The van der Waals surface area contributed by atoms with Crippen LogP contribution in [0.25, 0.3) is 0 Å². The summed E-state index contributed by atoms with van der Waals surface area (Å²) in [4.78, 5) is 0. The first-order valence-corrected chi connectivity index (χ1v) is 3.52. The lowest BCUT2D eigenvalue weighted by Gasteiger charge is -2.05. The summed E-state index contributed by atoms with van der Waals surface area (Å²) < 4.78 is 0. The molecular formula is C7H13N. The van der Waals surface area contributed by atoms with E-state index in [4.69, 9.17) is 5.73 Å². The third-order valence-electron chi connectivity index (χ3n) is 3.00. The molecule has 0 aromatic carbocycles. The Morgan fingerprint density at radius 3 is 2.12 bits per heavy atom. The summed E-state index contributed by atoms with van der Waals surface area (Å²) in [5.74, 6) is 1.81. The molecule has 0 bridgehead atoms. The van der Waals surface area contributed by atoms with Gasteiger partial charge in [-0.25, -0.2) is 0 Å². The minimum absolute atomic E-state index is 0.262. The first kappa shape index (κ1) is 4.80. The van der Waals surface area contributed by atoms with Gasteiger partial charge in [0.1, 0.15) is 0 Å². The molecule has 0 radical (unpaired) electrons. The van der Waals surface area contributed by atoms with Crippen LogP contribution >= 0.6 is 0 Å². The molecule has 1 unspecified atom stereocenters. The van der Waals surface area contributed by atoms with Gasteiger partial charge in [0, 0.05) is 5.54 Å². The molecule has 2 fully saturated rings. The molecule has 0 aromatic heterocycles. The number of nitrogens with two attached hydrogens (primary N) is 1. The fraction of sp³-hybridized carbons (Fsp3) is 1.00. The van der Waals surface area contributed by atoms with E-state index in [0.29, 0.717) is 0 Å². The van der Waals surface area contributed by atoms with Crippen LogP contribution in [-0.2, 0) is 0 Å². The highest BCUT2D eigenvalue weighted by atomic mass is 14.9. The smallest absolute Gasteiger partial charge is 0.0189 e. The molecule has 0 heterocycles. The van der Waals surface area contributed by atoms with Crippen LogP contribution in [0.15, 0.2) is 0 Å². The fourth-order valence-corrected chi connectivity index (χ4v) is 2.30. The van der Waals surface area contributed by atoms with Gasteiger partial charge in [-0.1, -0.05) is 6.42 Å². The zero-order valence-corrected chi connectivity index (χ0v) is 5.35. The van der Waals surface area contributed by atoms with Crippen molar-refractivity contribution in [3.63, 3.8) is 0 Å². The second-order valence-electron chi connectivity index (χ2n) is 3.51. The number of hydrogen-bond donors (Lipinski definition) is 1. The summed E-state index contributed by atoms with van der Waals surface area (Å²) in [5, 5.41) is 0. The van der Waals surface area contributed by atoms with Crippen molar-refractivity contribution in [2.24, 2.45) is 17.6 Å². The predicted octanol–water partition coefficient (Wildman–Crippen LogP) is 1.13. The van der Waals surface area contributed by atoms with Crippen LogP contribution < -0.4 is 5.73 Å². The first-order valence-electron chi connectivity index (χ1n) is 3.52. The van der Waals surface area contributed by atoms with Gasteiger partial charge in [0.2, 0.25) is 0 Å². The van der Waals surface area contributed by atoms with Gasteiger partial charge in [-0.3, -0.25) is 0 Å². The molecule has 1 heteroatoms. The maximum atomic E-state index is 5.91. The molecule has 0 amide bonds. The van der Waals surface area contributed by atoms with E-state index in [1.165, 1.54) is 19.3 Å². The van der Waals surface area contributed by atoms with E-state index in [-0.39, 0.29) is 5.54 Å². The van der Waals surface area contributed by atoms with Crippen molar-refractivity contribution in [3.8, 4) is 0 Å². The SMILES string of the molecule is CC1(N)[C@@H]2CCC[C@@H]21. The molecule has 2 rings (SSSR count). The van der Waals surface area contributed by atoms with Crippen LogP contribution in [0, 0.1) is 11.8 Å². The normalized spacial score (nSPS) is 60.8. The molecule has 1 nitrogen and oxygen atoms in total. The van der Waals surface area contributed by atoms with Gasteiger partial charge in [0.25, 0.3) is 0 Å². The van der Waals surface area contributed by atoms with E-state index in [9.17, 15) is 0 Å². The Morgan fingerprint density at radius 2 is 1.88 bits per heavy atom. The van der Waals surface area contributed by atoms with E-state index < -0.39 is 0 Å². The summed E-state index contributed by atoms with van der Waals surface area (Å²) >= 11 is 0. The van der Waals surface area contributed by atoms with Gasteiger partial charge in [0.05, 0.1) is 0 Å². The van der Waals surface area contributed by atoms with E-state index >= 15 is 0 Å². The van der Waals surface area contributed by atoms with Crippen LogP contribution in [0.5, 0.6) is 0 Å². The van der Waals surface area contributed by atoms with Gasteiger partial charge >= 0.3 is 0 Å². The number of rotatable bonds is 0. The van der Waals surface area contributed by atoms with Gasteiger partial charge < -0.3 is 5.73 Å². The molecule has 0 saturated heterocycles. The van der Waals surface area contributed by atoms with Gasteiger partial charge in [-0.05, 0) is 31.6 Å². The minimum atomic E-state index is 0.262. The van der Waals surface area contributed by atoms with Crippen molar-refractivity contribution in [2.75, 3.05) is 0 Å². The Labute approximate surface area is 50.3 Å². The van der Waals surface area contributed by atoms with Gasteiger partial charge in [-0.15, -0.1) is 0 Å². The average molecular weight is 111 g/mol. The molecule has 3 atom stereocenters. The van der Waals surface area contributed by atoms with Crippen LogP contribution in [-0.4, -0.2) is 5.54 Å². The maximum absolute atomic E-state index is 5.91. The van der Waals surface area contributed by atoms with Crippen molar-refractivity contribution in [3.05, 3.63) is 0 Å². The summed E-state index contributed by atoms with van der Waals surface area (Å²) in [5.41, 5.74) is 6.18. The van der Waals surface area contributed by atoms with Crippen molar-refractivity contribution < 1.29 is 0 Å². The highest BCUT2D eigenvalue weighted by molar-refractivity contribution is 5.15. The molecule has 0 aromatic rings. The highest BCUT2D eigenvalue weighted by Gasteiger charge is 2.60. The number of hydrogen-bond acceptors (Lipinski definition) is 1. The van der Waals surface area contributed by atoms with Crippen LogP contribution in [0.4, 0.5) is 0 Å². The van der Waals surface area contributed by atoms with Crippen molar-refractivity contribution >= 4 is 0 Å². The fourth-order valence-electron chi connectivity index (χ4n) is 2.30. The highest BCUT2D eigenvalue weighted by Crippen LogP contribution is 2.58. The Kier molecular flexibility index (Phi) is 0.663. The van der Waals surface area contributed by atoms with E-state index in [1.807, 2.05) is 0 Å². The third-order valence-corrected chi connectivity index (χ3v) is 3.00. The van der Waals surface area contributed by atoms with Crippen LogP contribution in [0.2, 0.25) is 0 Å². The summed E-state index contributed by atoms with van der Waals surface area (Å²) in [6, 6.07) is 0. The third kappa shape index (κ3) is 0.368. The lowest BCUT2D eigenvalue weighted by atomic mass is 10.1. The zero-order valence-electron chi connectivity index (χ0n) is 5.35. The molecule has 2 N–H and O–H groups in total. The van der Waals surface area contributed by atoms with Gasteiger partial charge in [0.15, 0.2) is 0 Å². The molecule has 2 aliphatic rings. The second-order valence-corrected chi connectivity index (χ2v) is 3.51. The first-order chi connectivity index (χ1) is 3.73. The van der Waals surface area contributed by atoms with Gasteiger partial charge in [-0.2, -0.15) is 0 Å². The molecule has 8 heavy (non-hydrogen) atoms.